The van der Waals surface area contributed by atoms with Crippen LogP contribution in [0.1, 0.15) is 54.4 Å². The van der Waals surface area contributed by atoms with Gasteiger partial charge in [0.15, 0.2) is 0 Å². The molecule has 0 spiro atoms. The van der Waals surface area contributed by atoms with Crippen LogP contribution in [0.3, 0.4) is 0 Å². The Morgan fingerprint density at radius 2 is 1.17 bits per heavy atom. The molecule has 2 unspecified atom stereocenters. The van der Waals surface area contributed by atoms with Gasteiger partial charge in [-0.25, -0.2) is 0 Å². The van der Waals surface area contributed by atoms with E-state index in [1.165, 1.54) is 13.8 Å². The minimum atomic E-state index is -1.03. The number of azo groups is 1. The molecule has 0 aromatic heterocycles. The van der Waals surface area contributed by atoms with Crippen LogP contribution in [0.15, 0.2) is 10.2 Å². The fourth-order valence-electron chi connectivity index (χ4n) is 1.16. The number of nitrogens with zero attached hydrogens (tertiary/aromatic N) is 2. The first-order chi connectivity index (χ1) is 8.16. The molecular weight excluding hydrogens is 236 g/mol. The zero-order valence-corrected chi connectivity index (χ0v) is 11.9. The van der Waals surface area contributed by atoms with Crippen molar-refractivity contribution in [2.24, 2.45) is 10.2 Å². The summed E-state index contributed by atoms with van der Waals surface area (Å²) in [5.74, 6) is -0.854. The fraction of sp³-hybridized carbons (Fsp3) is 0.833. The van der Waals surface area contributed by atoms with Crippen LogP contribution < -0.4 is 0 Å². The van der Waals surface area contributed by atoms with Crippen molar-refractivity contribution in [3.05, 3.63) is 0 Å². The molecule has 0 N–H and O–H groups in total. The number of esters is 2. The lowest BCUT2D eigenvalue weighted by Gasteiger charge is -2.26. The summed E-state index contributed by atoms with van der Waals surface area (Å²) < 4.78 is 10.2. The Balaban J connectivity index is 4.94. The minimum absolute atomic E-state index is 0.427. The van der Waals surface area contributed by atoms with Gasteiger partial charge in [-0.15, -0.1) is 10.2 Å². The average molecular weight is 258 g/mol. The van der Waals surface area contributed by atoms with E-state index in [1.54, 1.807) is 13.8 Å². The maximum Gasteiger partial charge on any atom is 0.304 e. The van der Waals surface area contributed by atoms with Gasteiger partial charge in [0.05, 0.1) is 0 Å². The maximum absolute atomic E-state index is 11.0. The lowest BCUT2D eigenvalue weighted by molar-refractivity contribution is -0.160. The van der Waals surface area contributed by atoms with Gasteiger partial charge in [-0.05, 0) is 13.8 Å². The molecule has 6 heteroatoms. The Hall–Kier alpha value is -1.46. The molecule has 0 bridgehead atoms. The van der Waals surface area contributed by atoms with Crippen LogP contribution in [0, 0.1) is 0 Å². The average Bonchev–Trinajstić information content (AvgIpc) is 2.25. The van der Waals surface area contributed by atoms with E-state index in [9.17, 15) is 9.59 Å². The predicted molar refractivity (Wildman–Crippen MR) is 65.8 cm³/mol. The summed E-state index contributed by atoms with van der Waals surface area (Å²) in [6.45, 7) is 9.60. The Bertz CT molecular complexity index is 311. The van der Waals surface area contributed by atoms with Crippen molar-refractivity contribution in [2.75, 3.05) is 0 Å². The molecule has 6 nitrogen and oxygen atoms in total. The Kier molecular flexibility index (Phi) is 5.94. The largest absolute Gasteiger partial charge is 0.436 e. The van der Waals surface area contributed by atoms with Crippen molar-refractivity contribution >= 4 is 11.9 Å². The van der Waals surface area contributed by atoms with Crippen LogP contribution in [0.4, 0.5) is 0 Å². The van der Waals surface area contributed by atoms with E-state index in [0.29, 0.717) is 12.8 Å². The molecule has 0 saturated carbocycles. The molecule has 0 saturated heterocycles. The van der Waals surface area contributed by atoms with Crippen molar-refractivity contribution in [3.8, 4) is 0 Å². The zero-order valence-electron chi connectivity index (χ0n) is 11.9. The monoisotopic (exact) mass is 258 g/mol. The summed E-state index contributed by atoms with van der Waals surface area (Å²) >= 11 is 0. The zero-order chi connectivity index (χ0) is 14.4. The summed E-state index contributed by atoms with van der Waals surface area (Å²) in [5, 5.41) is 8.03. The standard InChI is InChI=1S/C12H22N2O4/c1-7-11(5,17-9(3)15)13-14-12(6,8-2)18-10(4)16/h7-8H2,1-6H3/b14-13+. The number of carbonyl (C=O) groups is 2. The minimum Gasteiger partial charge on any atom is -0.436 e. The van der Waals surface area contributed by atoms with E-state index in [2.05, 4.69) is 10.2 Å². The van der Waals surface area contributed by atoms with Gasteiger partial charge in [0.1, 0.15) is 0 Å². The third-order valence-corrected chi connectivity index (χ3v) is 2.51. The number of rotatable bonds is 6. The van der Waals surface area contributed by atoms with Crippen LogP contribution in [-0.4, -0.2) is 23.4 Å². The van der Waals surface area contributed by atoms with Crippen molar-refractivity contribution in [1.82, 2.24) is 0 Å². The predicted octanol–water partition coefficient (Wildman–Crippen LogP) is 2.82. The number of hydrogen-bond donors (Lipinski definition) is 0. The van der Waals surface area contributed by atoms with Gasteiger partial charge in [-0.2, -0.15) is 0 Å². The summed E-state index contributed by atoms with van der Waals surface area (Å²) in [5.41, 5.74) is -2.05. The van der Waals surface area contributed by atoms with E-state index in [1.807, 2.05) is 13.8 Å². The third-order valence-electron chi connectivity index (χ3n) is 2.51. The van der Waals surface area contributed by atoms with E-state index >= 15 is 0 Å². The summed E-state index contributed by atoms with van der Waals surface area (Å²) in [6, 6.07) is 0. The molecule has 0 fully saturated rings. The van der Waals surface area contributed by atoms with Gasteiger partial charge < -0.3 is 9.47 Å². The first-order valence-corrected chi connectivity index (χ1v) is 5.99. The maximum atomic E-state index is 11.0. The lowest BCUT2D eigenvalue weighted by Crippen LogP contribution is -2.31. The molecule has 2 atom stereocenters. The molecule has 0 aromatic rings. The second-order valence-electron chi connectivity index (χ2n) is 4.44. The molecule has 0 aliphatic heterocycles. The molecule has 0 aliphatic carbocycles. The van der Waals surface area contributed by atoms with Crippen molar-refractivity contribution in [1.29, 1.82) is 0 Å². The molecule has 0 aliphatic rings. The second-order valence-corrected chi connectivity index (χ2v) is 4.44. The van der Waals surface area contributed by atoms with Crippen LogP contribution in [-0.2, 0) is 19.1 Å². The first-order valence-electron chi connectivity index (χ1n) is 5.99. The SMILES string of the molecule is CCC(C)(/N=N/C(C)(CC)OC(C)=O)OC(C)=O. The van der Waals surface area contributed by atoms with Crippen molar-refractivity contribution < 1.29 is 19.1 Å². The highest BCUT2D eigenvalue weighted by Crippen LogP contribution is 2.23. The highest BCUT2D eigenvalue weighted by molar-refractivity contribution is 5.66. The van der Waals surface area contributed by atoms with Crippen molar-refractivity contribution in [2.45, 2.75) is 65.8 Å². The van der Waals surface area contributed by atoms with Gasteiger partial charge in [0, 0.05) is 26.7 Å². The van der Waals surface area contributed by atoms with Gasteiger partial charge >= 0.3 is 11.9 Å². The number of ether oxygens (including phenoxy) is 2. The van der Waals surface area contributed by atoms with Crippen LogP contribution in [0.2, 0.25) is 0 Å². The molecule has 104 valence electrons. The van der Waals surface area contributed by atoms with E-state index < -0.39 is 23.4 Å². The highest BCUT2D eigenvalue weighted by atomic mass is 16.6. The molecular formula is C12H22N2O4. The fourth-order valence-corrected chi connectivity index (χ4v) is 1.16. The van der Waals surface area contributed by atoms with Crippen LogP contribution in [0.25, 0.3) is 0 Å². The van der Waals surface area contributed by atoms with E-state index in [-0.39, 0.29) is 0 Å². The topological polar surface area (TPSA) is 77.3 Å². The Morgan fingerprint density at radius 1 is 0.889 bits per heavy atom. The summed E-state index contributed by atoms with van der Waals surface area (Å²) in [7, 11) is 0. The number of carbonyl (C=O) groups excluding carboxylic acids is 2. The second kappa shape index (κ2) is 6.47. The van der Waals surface area contributed by atoms with Crippen molar-refractivity contribution in [3.63, 3.8) is 0 Å². The first kappa shape index (κ1) is 16.5. The smallest absolute Gasteiger partial charge is 0.304 e. The summed E-state index contributed by atoms with van der Waals surface area (Å²) in [6.07, 6.45) is 0.964. The van der Waals surface area contributed by atoms with Gasteiger partial charge in [0.25, 0.3) is 0 Å². The molecule has 0 heterocycles. The molecule has 0 rings (SSSR count). The van der Waals surface area contributed by atoms with Gasteiger partial charge in [0.2, 0.25) is 11.4 Å². The molecule has 18 heavy (non-hydrogen) atoms. The van der Waals surface area contributed by atoms with E-state index in [4.69, 9.17) is 9.47 Å². The molecule has 0 aromatic carbocycles. The third kappa shape index (κ3) is 5.75. The quantitative estimate of drug-likeness (QED) is 0.542. The van der Waals surface area contributed by atoms with Gasteiger partial charge in [-0.3, -0.25) is 9.59 Å². The van der Waals surface area contributed by atoms with E-state index in [0.717, 1.165) is 0 Å². The van der Waals surface area contributed by atoms with Gasteiger partial charge in [-0.1, -0.05) is 13.8 Å². The Labute approximate surface area is 108 Å². The van der Waals surface area contributed by atoms with Crippen LogP contribution in [0.5, 0.6) is 0 Å². The normalized spacial score (nSPS) is 17.9. The summed E-state index contributed by atoms with van der Waals surface area (Å²) in [4.78, 5) is 22.0. The lowest BCUT2D eigenvalue weighted by atomic mass is 10.2. The Morgan fingerprint density at radius 3 is 1.33 bits per heavy atom. The highest BCUT2D eigenvalue weighted by Gasteiger charge is 2.29. The number of hydrogen-bond acceptors (Lipinski definition) is 6. The molecule has 0 radical (unpaired) electrons. The van der Waals surface area contributed by atoms with Crippen LogP contribution >= 0.6 is 0 Å². The molecule has 0 amide bonds.